The Labute approximate surface area is 144 Å². The van der Waals surface area contributed by atoms with Gasteiger partial charge in [-0.1, -0.05) is 24.3 Å². The van der Waals surface area contributed by atoms with Crippen LogP contribution in [0, 0.1) is 0 Å². The molecule has 3 rings (SSSR count). The Morgan fingerprint density at radius 2 is 1.88 bits per heavy atom. The lowest BCUT2D eigenvalue weighted by Crippen LogP contribution is -2.36. The molecule has 0 aromatic heterocycles. The number of amides is 3. The fourth-order valence-electron chi connectivity index (χ4n) is 2.36. The van der Waals surface area contributed by atoms with Crippen LogP contribution in [0.3, 0.4) is 0 Å². The topological polar surface area (TPSA) is 96.5 Å². The van der Waals surface area contributed by atoms with E-state index in [1.807, 2.05) is 6.07 Å². The van der Waals surface area contributed by atoms with Gasteiger partial charge >= 0.3 is 0 Å². The zero-order valence-electron chi connectivity index (χ0n) is 13.4. The Hall–Kier alpha value is -3.35. The highest BCUT2D eigenvalue weighted by Gasteiger charge is 2.16. The summed E-state index contributed by atoms with van der Waals surface area (Å²) in [4.78, 5) is 35.1. The zero-order chi connectivity index (χ0) is 17.6. The van der Waals surface area contributed by atoms with Crippen molar-refractivity contribution in [3.8, 4) is 5.75 Å². The van der Waals surface area contributed by atoms with Crippen molar-refractivity contribution >= 4 is 23.4 Å². The highest BCUT2D eigenvalue weighted by atomic mass is 16.5. The van der Waals surface area contributed by atoms with Crippen molar-refractivity contribution in [3.05, 3.63) is 59.7 Å². The maximum atomic E-state index is 11.9. The lowest BCUT2D eigenvalue weighted by atomic mass is 10.1. The van der Waals surface area contributed by atoms with Crippen molar-refractivity contribution in [1.29, 1.82) is 0 Å². The molecule has 0 saturated heterocycles. The van der Waals surface area contributed by atoms with E-state index in [4.69, 9.17) is 4.74 Å². The van der Waals surface area contributed by atoms with Crippen LogP contribution in [-0.2, 0) is 16.1 Å². The van der Waals surface area contributed by atoms with E-state index in [2.05, 4.69) is 16.0 Å². The van der Waals surface area contributed by atoms with E-state index in [0.717, 1.165) is 5.56 Å². The molecule has 0 unspecified atom stereocenters. The average molecular weight is 339 g/mol. The van der Waals surface area contributed by atoms with E-state index in [9.17, 15) is 14.4 Å². The zero-order valence-corrected chi connectivity index (χ0v) is 13.4. The number of carbonyl (C=O) groups excluding carboxylic acids is 3. The molecule has 0 radical (unpaired) electrons. The smallest absolute Gasteiger partial charge is 0.262 e. The summed E-state index contributed by atoms with van der Waals surface area (Å²) in [5.41, 5.74) is 1.90. The highest BCUT2D eigenvalue weighted by Crippen LogP contribution is 2.28. The summed E-state index contributed by atoms with van der Waals surface area (Å²) in [5.74, 6) is -0.214. The van der Waals surface area contributed by atoms with Crippen LogP contribution in [0.2, 0.25) is 0 Å². The Bertz CT molecular complexity index is 805. The van der Waals surface area contributed by atoms with E-state index in [0.29, 0.717) is 17.0 Å². The molecule has 1 aliphatic rings. The van der Waals surface area contributed by atoms with Gasteiger partial charge in [0.05, 0.1) is 12.2 Å². The van der Waals surface area contributed by atoms with E-state index in [-0.39, 0.29) is 37.4 Å². The van der Waals surface area contributed by atoms with Gasteiger partial charge in [0.15, 0.2) is 6.61 Å². The summed E-state index contributed by atoms with van der Waals surface area (Å²) in [5, 5.41) is 7.99. The molecule has 2 aromatic carbocycles. The standard InChI is InChI=1S/C18H17N3O4/c22-16(10-20-18(24)13-4-2-1-3-5-13)19-9-12-6-7-15-14(8-12)21-17(23)11-25-15/h1-8H,9-11H2,(H,19,22)(H,20,24)(H,21,23). The molecule has 1 aliphatic heterocycles. The number of ether oxygens (including phenoxy) is 1. The predicted molar refractivity (Wildman–Crippen MR) is 91.2 cm³/mol. The Morgan fingerprint density at radius 3 is 2.68 bits per heavy atom. The molecular formula is C18H17N3O4. The number of nitrogens with one attached hydrogen (secondary N) is 3. The van der Waals surface area contributed by atoms with Crippen molar-refractivity contribution in [2.45, 2.75) is 6.54 Å². The molecular weight excluding hydrogens is 322 g/mol. The lowest BCUT2D eigenvalue weighted by molar-refractivity contribution is -0.120. The Balaban J connectivity index is 1.48. The van der Waals surface area contributed by atoms with E-state index in [1.54, 1.807) is 42.5 Å². The van der Waals surface area contributed by atoms with Crippen LogP contribution in [-0.4, -0.2) is 30.9 Å². The number of hydrogen-bond acceptors (Lipinski definition) is 4. The van der Waals surface area contributed by atoms with Gasteiger partial charge in [0, 0.05) is 12.1 Å². The Morgan fingerprint density at radius 1 is 1.08 bits per heavy atom. The van der Waals surface area contributed by atoms with Crippen molar-refractivity contribution in [3.63, 3.8) is 0 Å². The van der Waals surface area contributed by atoms with Gasteiger partial charge in [0.1, 0.15) is 5.75 Å². The van der Waals surface area contributed by atoms with Gasteiger partial charge in [0.2, 0.25) is 5.91 Å². The number of carbonyl (C=O) groups is 3. The average Bonchev–Trinajstić information content (AvgIpc) is 2.64. The first kappa shape index (κ1) is 16.5. The van der Waals surface area contributed by atoms with Gasteiger partial charge in [-0.05, 0) is 29.8 Å². The van der Waals surface area contributed by atoms with Gasteiger partial charge in [-0.3, -0.25) is 14.4 Å². The lowest BCUT2D eigenvalue weighted by Gasteiger charge is -2.18. The van der Waals surface area contributed by atoms with Crippen molar-refractivity contribution < 1.29 is 19.1 Å². The largest absolute Gasteiger partial charge is 0.482 e. The van der Waals surface area contributed by atoms with Crippen molar-refractivity contribution in [2.24, 2.45) is 0 Å². The fourth-order valence-corrected chi connectivity index (χ4v) is 2.36. The monoisotopic (exact) mass is 339 g/mol. The predicted octanol–water partition coefficient (Wildman–Crippen LogP) is 1.06. The van der Waals surface area contributed by atoms with Crippen LogP contribution in [0.4, 0.5) is 5.69 Å². The summed E-state index contributed by atoms with van der Waals surface area (Å²) in [6, 6.07) is 14.0. The quantitative estimate of drug-likeness (QED) is 0.759. The Kier molecular flexibility index (Phi) is 4.94. The summed E-state index contributed by atoms with van der Waals surface area (Å²) in [6.07, 6.45) is 0. The number of fused-ring (bicyclic) bond motifs is 1. The van der Waals surface area contributed by atoms with Crippen LogP contribution < -0.4 is 20.7 Å². The van der Waals surface area contributed by atoms with Crippen LogP contribution in [0.1, 0.15) is 15.9 Å². The van der Waals surface area contributed by atoms with Crippen LogP contribution in [0.5, 0.6) is 5.75 Å². The maximum Gasteiger partial charge on any atom is 0.262 e. The number of anilines is 1. The van der Waals surface area contributed by atoms with Crippen LogP contribution in [0.15, 0.2) is 48.5 Å². The summed E-state index contributed by atoms with van der Waals surface area (Å²) < 4.78 is 5.28. The number of benzene rings is 2. The summed E-state index contributed by atoms with van der Waals surface area (Å²) >= 11 is 0. The van der Waals surface area contributed by atoms with Gasteiger partial charge in [-0.15, -0.1) is 0 Å². The molecule has 2 aromatic rings. The van der Waals surface area contributed by atoms with E-state index < -0.39 is 0 Å². The third-order valence-corrected chi connectivity index (χ3v) is 3.61. The summed E-state index contributed by atoms with van der Waals surface area (Å²) in [7, 11) is 0. The van der Waals surface area contributed by atoms with Gasteiger partial charge in [0.25, 0.3) is 11.8 Å². The van der Waals surface area contributed by atoms with Gasteiger partial charge in [-0.2, -0.15) is 0 Å². The molecule has 128 valence electrons. The van der Waals surface area contributed by atoms with Crippen molar-refractivity contribution in [2.75, 3.05) is 18.5 Å². The minimum atomic E-state index is -0.303. The minimum absolute atomic E-state index is 0.00416. The number of rotatable bonds is 5. The second-order valence-corrected chi connectivity index (χ2v) is 5.49. The van der Waals surface area contributed by atoms with E-state index in [1.165, 1.54) is 0 Å². The second-order valence-electron chi connectivity index (χ2n) is 5.49. The molecule has 0 fully saturated rings. The molecule has 0 saturated carbocycles. The maximum absolute atomic E-state index is 11.9. The molecule has 3 N–H and O–H groups in total. The minimum Gasteiger partial charge on any atom is -0.482 e. The normalized spacial score (nSPS) is 12.4. The first-order valence-electron chi connectivity index (χ1n) is 7.77. The third-order valence-electron chi connectivity index (χ3n) is 3.61. The number of hydrogen-bond donors (Lipinski definition) is 3. The molecule has 0 spiro atoms. The highest BCUT2D eigenvalue weighted by molar-refractivity contribution is 5.96. The van der Waals surface area contributed by atoms with Crippen molar-refractivity contribution in [1.82, 2.24) is 10.6 Å². The molecule has 0 atom stereocenters. The SMILES string of the molecule is O=C(CNC(=O)c1ccccc1)NCc1ccc2c(c1)NC(=O)CO2. The van der Waals surface area contributed by atoms with Gasteiger partial charge < -0.3 is 20.7 Å². The third kappa shape index (κ3) is 4.35. The van der Waals surface area contributed by atoms with E-state index >= 15 is 0 Å². The summed E-state index contributed by atoms with van der Waals surface area (Å²) in [6.45, 7) is 0.173. The molecule has 0 aliphatic carbocycles. The molecule has 7 heteroatoms. The molecule has 1 heterocycles. The van der Waals surface area contributed by atoms with Crippen LogP contribution >= 0.6 is 0 Å². The van der Waals surface area contributed by atoms with Crippen LogP contribution in [0.25, 0.3) is 0 Å². The second kappa shape index (κ2) is 7.48. The first-order valence-corrected chi connectivity index (χ1v) is 7.77. The molecule has 25 heavy (non-hydrogen) atoms. The molecule has 7 nitrogen and oxygen atoms in total. The van der Waals surface area contributed by atoms with Gasteiger partial charge in [-0.25, -0.2) is 0 Å². The molecule has 0 bridgehead atoms. The fraction of sp³-hybridized carbons (Fsp3) is 0.167. The molecule has 3 amide bonds. The first-order chi connectivity index (χ1) is 12.1.